The molecule has 0 amide bonds. The Bertz CT molecular complexity index is 972. The van der Waals surface area contributed by atoms with Crippen LogP contribution in [0.2, 0.25) is 0 Å². The monoisotopic (exact) mass is 431 g/mol. The van der Waals surface area contributed by atoms with Crippen molar-refractivity contribution in [3.63, 3.8) is 0 Å². The molecule has 4 aliphatic rings. The molecular formula is C29H41N3. The van der Waals surface area contributed by atoms with Crippen LogP contribution in [0.5, 0.6) is 0 Å². The van der Waals surface area contributed by atoms with Gasteiger partial charge in [-0.1, -0.05) is 26.7 Å². The summed E-state index contributed by atoms with van der Waals surface area (Å²) in [5.74, 6) is 5.99. The SMILES string of the molecule is CC12CCCCC1CCC1C2CCC2(C)C(CCCc3ncc4ncccc4n3)CCC12. The summed E-state index contributed by atoms with van der Waals surface area (Å²) in [5, 5.41) is 0. The lowest BCUT2D eigenvalue weighted by Crippen LogP contribution is -2.52. The van der Waals surface area contributed by atoms with Gasteiger partial charge in [0.1, 0.15) is 11.3 Å². The van der Waals surface area contributed by atoms with E-state index in [9.17, 15) is 0 Å². The summed E-state index contributed by atoms with van der Waals surface area (Å²) in [7, 11) is 0. The highest BCUT2D eigenvalue weighted by Crippen LogP contribution is 2.67. The van der Waals surface area contributed by atoms with Gasteiger partial charge in [0.15, 0.2) is 0 Å². The van der Waals surface area contributed by atoms with Crippen molar-refractivity contribution in [1.82, 2.24) is 15.0 Å². The Morgan fingerprint density at radius 2 is 1.78 bits per heavy atom. The van der Waals surface area contributed by atoms with E-state index in [2.05, 4.69) is 29.9 Å². The predicted octanol–water partition coefficient (Wildman–Crippen LogP) is 7.40. The van der Waals surface area contributed by atoms with Crippen LogP contribution in [0, 0.1) is 40.4 Å². The van der Waals surface area contributed by atoms with Gasteiger partial charge in [0.05, 0.1) is 11.7 Å². The molecule has 2 aromatic rings. The van der Waals surface area contributed by atoms with Gasteiger partial charge in [0.2, 0.25) is 0 Å². The van der Waals surface area contributed by atoms with Crippen molar-refractivity contribution in [3.05, 3.63) is 30.4 Å². The topological polar surface area (TPSA) is 38.7 Å². The van der Waals surface area contributed by atoms with Crippen molar-refractivity contribution in [2.45, 2.75) is 97.3 Å². The van der Waals surface area contributed by atoms with Crippen LogP contribution in [-0.2, 0) is 6.42 Å². The normalized spacial score (nSPS) is 41.1. The summed E-state index contributed by atoms with van der Waals surface area (Å²) in [6.07, 6.45) is 22.4. The molecule has 4 fully saturated rings. The number of aryl methyl sites for hydroxylation is 1. The van der Waals surface area contributed by atoms with Crippen LogP contribution in [-0.4, -0.2) is 15.0 Å². The van der Waals surface area contributed by atoms with E-state index in [-0.39, 0.29) is 0 Å². The van der Waals surface area contributed by atoms with Gasteiger partial charge in [-0.15, -0.1) is 0 Å². The van der Waals surface area contributed by atoms with Gasteiger partial charge < -0.3 is 0 Å². The van der Waals surface area contributed by atoms with Gasteiger partial charge in [0, 0.05) is 12.6 Å². The Hall–Kier alpha value is -1.51. The summed E-state index contributed by atoms with van der Waals surface area (Å²) in [4.78, 5) is 13.7. The Kier molecular flexibility index (Phi) is 5.30. The highest BCUT2D eigenvalue weighted by molar-refractivity contribution is 5.72. The Morgan fingerprint density at radius 1 is 0.875 bits per heavy atom. The molecular weight excluding hydrogens is 390 g/mol. The van der Waals surface area contributed by atoms with E-state index in [0.29, 0.717) is 10.8 Å². The zero-order chi connectivity index (χ0) is 21.8. The van der Waals surface area contributed by atoms with Gasteiger partial charge in [0.25, 0.3) is 0 Å². The lowest BCUT2D eigenvalue weighted by Gasteiger charge is -2.60. The third kappa shape index (κ3) is 3.32. The third-order valence-electron chi connectivity index (χ3n) is 11.1. The van der Waals surface area contributed by atoms with E-state index in [1.54, 1.807) is 0 Å². The van der Waals surface area contributed by atoms with Crippen molar-refractivity contribution in [1.29, 1.82) is 0 Å². The first-order valence-corrected chi connectivity index (χ1v) is 13.6. The molecule has 4 saturated carbocycles. The fourth-order valence-electron chi connectivity index (χ4n) is 9.41. The molecule has 0 bridgehead atoms. The van der Waals surface area contributed by atoms with Gasteiger partial charge in [-0.25, -0.2) is 9.97 Å². The zero-order valence-corrected chi connectivity index (χ0v) is 20.2. The number of fused-ring (bicyclic) bond motifs is 6. The molecule has 2 heterocycles. The van der Waals surface area contributed by atoms with Crippen LogP contribution >= 0.6 is 0 Å². The highest BCUT2D eigenvalue weighted by Gasteiger charge is 2.59. The molecule has 0 N–H and O–H groups in total. The van der Waals surface area contributed by atoms with Gasteiger partial charge >= 0.3 is 0 Å². The van der Waals surface area contributed by atoms with Crippen molar-refractivity contribution < 1.29 is 0 Å². The summed E-state index contributed by atoms with van der Waals surface area (Å²) >= 11 is 0. The number of aromatic nitrogens is 3. The first-order valence-electron chi connectivity index (χ1n) is 13.6. The molecule has 2 aromatic heterocycles. The average Bonchev–Trinajstić information content (AvgIpc) is 3.15. The molecule has 32 heavy (non-hydrogen) atoms. The summed E-state index contributed by atoms with van der Waals surface area (Å²) in [6.45, 7) is 5.40. The summed E-state index contributed by atoms with van der Waals surface area (Å²) in [5.41, 5.74) is 3.15. The van der Waals surface area contributed by atoms with E-state index in [1.807, 2.05) is 18.5 Å². The average molecular weight is 432 g/mol. The Labute approximate surface area is 194 Å². The molecule has 0 radical (unpaired) electrons. The minimum Gasteiger partial charge on any atom is -0.253 e. The predicted molar refractivity (Wildman–Crippen MR) is 130 cm³/mol. The second kappa shape index (κ2) is 8.06. The van der Waals surface area contributed by atoms with Crippen molar-refractivity contribution in [3.8, 4) is 0 Å². The number of hydrogen-bond acceptors (Lipinski definition) is 3. The van der Waals surface area contributed by atoms with Gasteiger partial charge in [-0.05, 0) is 117 Å². The second-order valence-corrected chi connectivity index (χ2v) is 12.3. The molecule has 0 spiro atoms. The molecule has 7 atom stereocenters. The van der Waals surface area contributed by atoms with E-state index < -0.39 is 0 Å². The maximum absolute atomic E-state index is 4.76. The Morgan fingerprint density at radius 3 is 2.72 bits per heavy atom. The fourth-order valence-corrected chi connectivity index (χ4v) is 9.41. The zero-order valence-electron chi connectivity index (χ0n) is 20.2. The van der Waals surface area contributed by atoms with Gasteiger partial charge in [-0.2, -0.15) is 0 Å². The minimum absolute atomic E-state index is 0.590. The summed E-state index contributed by atoms with van der Waals surface area (Å²) in [6, 6.07) is 4.02. The fraction of sp³-hybridized carbons (Fsp3) is 0.759. The van der Waals surface area contributed by atoms with E-state index in [1.165, 1.54) is 77.0 Å². The van der Waals surface area contributed by atoms with Gasteiger partial charge in [-0.3, -0.25) is 4.98 Å². The maximum Gasteiger partial charge on any atom is 0.129 e. The quantitative estimate of drug-likeness (QED) is 0.506. The first kappa shape index (κ1) is 21.1. The lowest BCUT2D eigenvalue weighted by atomic mass is 9.45. The minimum atomic E-state index is 0.590. The molecule has 4 aliphatic carbocycles. The van der Waals surface area contributed by atoms with Crippen LogP contribution in [0.25, 0.3) is 11.0 Å². The lowest BCUT2D eigenvalue weighted by molar-refractivity contribution is -0.111. The number of rotatable bonds is 4. The number of hydrogen-bond donors (Lipinski definition) is 0. The van der Waals surface area contributed by atoms with Crippen LogP contribution < -0.4 is 0 Å². The van der Waals surface area contributed by atoms with E-state index in [0.717, 1.165) is 52.9 Å². The third-order valence-corrected chi connectivity index (χ3v) is 11.1. The highest BCUT2D eigenvalue weighted by atomic mass is 14.9. The van der Waals surface area contributed by atoms with Crippen LogP contribution in [0.15, 0.2) is 24.5 Å². The smallest absolute Gasteiger partial charge is 0.129 e. The molecule has 172 valence electrons. The molecule has 0 aromatic carbocycles. The molecule has 6 rings (SSSR count). The summed E-state index contributed by atoms with van der Waals surface area (Å²) < 4.78 is 0. The standard InChI is InChI=1S/C29H41N3/c1-28-16-4-3-7-20(28)11-13-22-23-14-12-21(29(23,2)17-15-24(22)28)8-5-10-27-31-19-26-25(32-27)9-6-18-30-26/h6,9,18-24H,3-5,7-8,10-17H2,1-2H3. The number of nitrogens with zero attached hydrogens (tertiary/aromatic N) is 3. The number of pyridine rings is 1. The van der Waals surface area contributed by atoms with Crippen molar-refractivity contribution in [2.24, 2.45) is 40.4 Å². The Balaban J connectivity index is 1.12. The molecule has 3 heteroatoms. The largest absolute Gasteiger partial charge is 0.253 e. The van der Waals surface area contributed by atoms with Crippen LogP contribution in [0.3, 0.4) is 0 Å². The van der Waals surface area contributed by atoms with Crippen molar-refractivity contribution >= 4 is 11.0 Å². The maximum atomic E-state index is 4.76. The molecule has 7 unspecified atom stereocenters. The van der Waals surface area contributed by atoms with E-state index >= 15 is 0 Å². The van der Waals surface area contributed by atoms with Crippen LogP contribution in [0.4, 0.5) is 0 Å². The first-order chi connectivity index (χ1) is 15.6. The molecule has 0 aliphatic heterocycles. The van der Waals surface area contributed by atoms with E-state index in [4.69, 9.17) is 4.98 Å². The molecule has 3 nitrogen and oxygen atoms in total. The second-order valence-electron chi connectivity index (χ2n) is 12.3. The van der Waals surface area contributed by atoms with Crippen molar-refractivity contribution in [2.75, 3.05) is 0 Å². The molecule has 0 saturated heterocycles. The van der Waals surface area contributed by atoms with Crippen LogP contribution in [0.1, 0.15) is 96.7 Å².